The van der Waals surface area contributed by atoms with E-state index in [9.17, 15) is 4.79 Å². The van der Waals surface area contributed by atoms with E-state index in [1.165, 1.54) is 15.3 Å². The summed E-state index contributed by atoms with van der Waals surface area (Å²) in [6, 6.07) is 16.5. The number of nitrogens with zero attached hydrogens (tertiary/aromatic N) is 2. The van der Waals surface area contributed by atoms with Gasteiger partial charge in [-0.05, 0) is 47.0 Å². The molecule has 1 amide bonds. The molecular formula is C20H20N2OS2. The van der Waals surface area contributed by atoms with E-state index in [2.05, 4.69) is 33.9 Å². The number of thiophene rings is 2. The van der Waals surface area contributed by atoms with E-state index in [1.54, 1.807) is 16.2 Å². The summed E-state index contributed by atoms with van der Waals surface area (Å²) in [6.45, 7) is 1.35. The molecule has 1 aliphatic rings. The van der Waals surface area contributed by atoms with Gasteiger partial charge in [0.1, 0.15) is 0 Å². The molecule has 0 saturated carbocycles. The second-order valence-corrected chi connectivity index (χ2v) is 8.21. The lowest BCUT2D eigenvalue weighted by Gasteiger charge is -2.35. The molecule has 3 aromatic rings. The summed E-state index contributed by atoms with van der Waals surface area (Å²) in [5.41, 5.74) is 2.31. The molecule has 4 rings (SSSR count). The number of likely N-dealkylation sites (N-methyl/N-ethyl adjacent to an activating group) is 1. The van der Waals surface area contributed by atoms with E-state index >= 15 is 0 Å². The standard InChI is InChI=1S/C20H20N2OS2/c1-21(15-6-3-2-4-7-15)19(23)14-22-11-9-17-16(10-13-25-17)20(22)18-8-5-12-24-18/h2-8,10,12-13,20H,9,11,14H2,1H3/t20-/m1/s1. The van der Waals surface area contributed by atoms with Crippen LogP contribution in [0.5, 0.6) is 0 Å². The number of rotatable bonds is 4. The summed E-state index contributed by atoms with van der Waals surface area (Å²) in [5, 5.41) is 4.29. The lowest BCUT2D eigenvalue weighted by atomic mass is 9.98. The van der Waals surface area contributed by atoms with Crippen molar-refractivity contribution in [3.63, 3.8) is 0 Å². The SMILES string of the molecule is CN(C(=O)CN1CCc2sccc2[C@@H]1c1cccs1)c1ccccc1. The summed E-state index contributed by atoms with van der Waals surface area (Å²) in [4.78, 5) is 19.7. The van der Waals surface area contributed by atoms with E-state index < -0.39 is 0 Å². The first-order valence-electron chi connectivity index (χ1n) is 8.39. The summed E-state index contributed by atoms with van der Waals surface area (Å²) in [6.07, 6.45) is 1.03. The van der Waals surface area contributed by atoms with Gasteiger partial charge in [0.15, 0.2) is 0 Å². The predicted octanol–water partition coefficient (Wildman–Crippen LogP) is 4.42. The van der Waals surface area contributed by atoms with Gasteiger partial charge in [0.25, 0.3) is 0 Å². The highest BCUT2D eigenvalue weighted by atomic mass is 32.1. The van der Waals surface area contributed by atoms with Gasteiger partial charge in [0, 0.05) is 29.0 Å². The number of amides is 1. The van der Waals surface area contributed by atoms with Crippen LogP contribution in [0.4, 0.5) is 5.69 Å². The largest absolute Gasteiger partial charge is 0.314 e. The highest BCUT2D eigenvalue weighted by Crippen LogP contribution is 2.39. The van der Waals surface area contributed by atoms with Gasteiger partial charge in [0.05, 0.1) is 12.6 Å². The Hall–Kier alpha value is -1.95. The molecule has 0 fully saturated rings. The zero-order valence-electron chi connectivity index (χ0n) is 14.1. The van der Waals surface area contributed by atoms with Crippen LogP contribution < -0.4 is 4.90 Å². The predicted molar refractivity (Wildman–Crippen MR) is 106 cm³/mol. The third-order valence-electron chi connectivity index (χ3n) is 4.73. The summed E-state index contributed by atoms with van der Waals surface area (Å²) >= 11 is 3.60. The van der Waals surface area contributed by atoms with Crippen LogP contribution in [0.1, 0.15) is 21.4 Å². The van der Waals surface area contributed by atoms with E-state index in [0.29, 0.717) is 6.54 Å². The Morgan fingerprint density at radius 2 is 1.96 bits per heavy atom. The summed E-state index contributed by atoms with van der Waals surface area (Å²) in [5.74, 6) is 0.131. The number of anilines is 1. The first-order chi connectivity index (χ1) is 12.2. The molecule has 0 unspecified atom stereocenters. The lowest BCUT2D eigenvalue weighted by molar-refractivity contribution is -0.119. The number of carbonyl (C=O) groups is 1. The normalized spacial score (nSPS) is 17.2. The summed E-state index contributed by atoms with van der Waals surface area (Å²) in [7, 11) is 1.86. The van der Waals surface area contributed by atoms with Crippen molar-refractivity contribution in [1.82, 2.24) is 4.90 Å². The second-order valence-electron chi connectivity index (χ2n) is 6.23. The van der Waals surface area contributed by atoms with Crippen molar-refractivity contribution in [2.75, 3.05) is 25.0 Å². The van der Waals surface area contributed by atoms with Gasteiger partial charge >= 0.3 is 0 Å². The number of fused-ring (bicyclic) bond motifs is 1. The van der Waals surface area contributed by atoms with Crippen LogP contribution in [0.15, 0.2) is 59.3 Å². The minimum Gasteiger partial charge on any atom is -0.314 e. The van der Waals surface area contributed by atoms with Crippen LogP contribution >= 0.6 is 22.7 Å². The average Bonchev–Trinajstić information content (AvgIpc) is 3.33. The maximum absolute atomic E-state index is 12.9. The van der Waals surface area contributed by atoms with E-state index in [-0.39, 0.29) is 11.9 Å². The molecule has 3 heterocycles. The fourth-order valence-corrected chi connectivity index (χ4v) is 5.17. The number of hydrogen-bond acceptors (Lipinski definition) is 4. The van der Waals surface area contributed by atoms with Crippen LogP contribution in [-0.2, 0) is 11.2 Å². The Bertz CT molecular complexity index is 842. The van der Waals surface area contributed by atoms with Gasteiger partial charge < -0.3 is 4.90 Å². The molecule has 0 spiro atoms. The van der Waals surface area contributed by atoms with Crippen LogP contribution in [0, 0.1) is 0 Å². The van der Waals surface area contributed by atoms with Crippen LogP contribution in [0.25, 0.3) is 0 Å². The Morgan fingerprint density at radius 1 is 1.12 bits per heavy atom. The Kier molecular flexibility index (Phi) is 4.70. The smallest absolute Gasteiger partial charge is 0.240 e. The van der Waals surface area contributed by atoms with Gasteiger partial charge in [-0.15, -0.1) is 22.7 Å². The third-order valence-corrected chi connectivity index (χ3v) is 6.66. The molecule has 0 saturated heterocycles. The zero-order valence-corrected chi connectivity index (χ0v) is 15.7. The van der Waals surface area contributed by atoms with Gasteiger partial charge in [-0.3, -0.25) is 9.69 Å². The monoisotopic (exact) mass is 368 g/mol. The van der Waals surface area contributed by atoms with Crippen molar-refractivity contribution in [1.29, 1.82) is 0 Å². The molecule has 5 heteroatoms. The number of para-hydroxylation sites is 1. The third kappa shape index (κ3) is 3.27. The molecule has 0 radical (unpaired) electrons. The lowest BCUT2D eigenvalue weighted by Crippen LogP contribution is -2.43. The molecule has 1 atom stereocenters. The zero-order chi connectivity index (χ0) is 17.2. The molecule has 0 N–H and O–H groups in total. The molecule has 128 valence electrons. The fourth-order valence-electron chi connectivity index (χ4n) is 3.39. The first kappa shape index (κ1) is 16.5. The molecule has 1 aromatic carbocycles. The first-order valence-corrected chi connectivity index (χ1v) is 10.2. The van der Waals surface area contributed by atoms with Crippen molar-refractivity contribution < 1.29 is 4.79 Å². The highest BCUT2D eigenvalue weighted by Gasteiger charge is 2.32. The van der Waals surface area contributed by atoms with Crippen molar-refractivity contribution in [2.24, 2.45) is 0 Å². The molecule has 3 nitrogen and oxygen atoms in total. The van der Waals surface area contributed by atoms with Crippen LogP contribution in [0.2, 0.25) is 0 Å². The van der Waals surface area contributed by atoms with Gasteiger partial charge in [-0.2, -0.15) is 0 Å². The quantitative estimate of drug-likeness (QED) is 0.681. The van der Waals surface area contributed by atoms with Crippen LogP contribution in [0.3, 0.4) is 0 Å². The van der Waals surface area contributed by atoms with E-state index in [4.69, 9.17) is 0 Å². The number of carbonyl (C=O) groups excluding carboxylic acids is 1. The minimum absolute atomic E-state index is 0.131. The van der Waals surface area contributed by atoms with Crippen molar-refractivity contribution in [3.8, 4) is 0 Å². The van der Waals surface area contributed by atoms with Crippen molar-refractivity contribution >= 4 is 34.3 Å². The Morgan fingerprint density at radius 3 is 2.72 bits per heavy atom. The van der Waals surface area contributed by atoms with Crippen molar-refractivity contribution in [3.05, 3.63) is 74.6 Å². The Labute approximate surface area is 156 Å². The molecule has 1 aliphatic heterocycles. The molecule has 0 aliphatic carbocycles. The highest BCUT2D eigenvalue weighted by molar-refractivity contribution is 7.10. The van der Waals surface area contributed by atoms with E-state index in [0.717, 1.165) is 18.7 Å². The molecule has 25 heavy (non-hydrogen) atoms. The van der Waals surface area contributed by atoms with Crippen LogP contribution in [-0.4, -0.2) is 30.9 Å². The summed E-state index contributed by atoms with van der Waals surface area (Å²) < 4.78 is 0. The minimum atomic E-state index is 0.131. The number of hydrogen-bond donors (Lipinski definition) is 0. The van der Waals surface area contributed by atoms with Gasteiger partial charge in [-0.1, -0.05) is 24.3 Å². The van der Waals surface area contributed by atoms with Crippen molar-refractivity contribution in [2.45, 2.75) is 12.5 Å². The molecule has 0 bridgehead atoms. The Balaban J connectivity index is 1.58. The second kappa shape index (κ2) is 7.12. The average molecular weight is 369 g/mol. The molecule has 2 aromatic heterocycles. The van der Waals surface area contributed by atoms with E-state index in [1.807, 2.05) is 48.7 Å². The topological polar surface area (TPSA) is 23.6 Å². The maximum atomic E-state index is 12.9. The van der Waals surface area contributed by atoms with Gasteiger partial charge in [-0.25, -0.2) is 0 Å². The molecular weight excluding hydrogens is 348 g/mol. The fraction of sp³-hybridized carbons (Fsp3) is 0.250. The maximum Gasteiger partial charge on any atom is 0.240 e. The number of benzene rings is 1. The van der Waals surface area contributed by atoms with Gasteiger partial charge in [0.2, 0.25) is 5.91 Å².